The third-order valence-corrected chi connectivity index (χ3v) is 4.12. The minimum Gasteiger partial charge on any atom is -0.381 e. The molecule has 1 aromatic rings. The number of hydrogen-bond acceptors (Lipinski definition) is 3. The highest BCUT2D eigenvalue weighted by Gasteiger charge is 2.22. The zero-order valence-corrected chi connectivity index (χ0v) is 13.4. The molecule has 0 aliphatic carbocycles. The Bertz CT molecular complexity index is 491. The molecule has 1 aliphatic heterocycles. The minimum atomic E-state index is -0.106. The van der Waals surface area contributed by atoms with E-state index < -0.39 is 0 Å². The quantitative estimate of drug-likeness (QED) is 0.875. The van der Waals surface area contributed by atoms with Gasteiger partial charge in [0.1, 0.15) is 0 Å². The van der Waals surface area contributed by atoms with Crippen molar-refractivity contribution in [2.45, 2.75) is 44.8 Å². The van der Waals surface area contributed by atoms with Crippen LogP contribution in [-0.2, 0) is 4.74 Å². The van der Waals surface area contributed by atoms with E-state index in [1.807, 2.05) is 6.07 Å². The van der Waals surface area contributed by atoms with Gasteiger partial charge in [0.25, 0.3) is 5.91 Å². The number of benzene rings is 1. The molecule has 0 radical (unpaired) electrons. The van der Waals surface area contributed by atoms with Crippen LogP contribution in [0.15, 0.2) is 18.2 Å². The Morgan fingerprint density at radius 1 is 1.48 bits per heavy atom. The van der Waals surface area contributed by atoms with Crippen LogP contribution in [0.2, 0.25) is 5.02 Å². The molecule has 1 fully saturated rings. The van der Waals surface area contributed by atoms with Crippen LogP contribution in [-0.4, -0.2) is 31.7 Å². The Balaban J connectivity index is 2.06. The molecule has 4 nitrogen and oxygen atoms in total. The monoisotopic (exact) mass is 310 g/mol. The number of carbonyl (C=O) groups excluding carboxylic acids is 1. The molecule has 1 amide bonds. The maximum absolute atomic E-state index is 11.7. The lowest BCUT2D eigenvalue weighted by molar-refractivity contribution is 0.00597. The van der Waals surface area contributed by atoms with Crippen LogP contribution in [0.3, 0.4) is 0 Å². The highest BCUT2D eigenvalue weighted by atomic mass is 35.5. The molecule has 21 heavy (non-hydrogen) atoms. The average Bonchev–Trinajstić information content (AvgIpc) is 2.49. The van der Waals surface area contributed by atoms with Gasteiger partial charge in [0, 0.05) is 25.3 Å². The summed E-state index contributed by atoms with van der Waals surface area (Å²) in [5.74, 6) is -0.106. The smallest absolute Gasteiger partial charge is 0.251 e. The molecule has 2 rings (SSSR count). The first-order valence-corrected chi connectivity index (χ1v) is 7.91. The Labute approximate surface area is 131 Å². The minimum absolute atomic E-state index is 0.106. The van der Waals surface area contributed by atoms with E-state index in [1.54, 1.807) is 19.2 Å². The lowest BCUT2D eigenvalue weighted by atomic mass is 9.99. The van der Waals surface area contributed by atoms with Gasteiger partial charge >= 0.3 is 0 Å². The van der Waals surface area contributed by atoms with Crippen molar-refractivity contribution in [3.63, 3.8) is 0 Å². The van der Waals surface area contributed by atoms with E-state index in [9.17, 15) is 4.79 Å². The molecule has 1 aromatic carbocycles. The van der Waals surface area contributed by atoms with Gasteiger partial charge in [-0.3, -0.25) is 4.79 Å². The van der Waals surface area contributed by atoms with E-state index in [-0.39, 0.29) is 5.91 Å². The second-order valence-electron chi connectivity index (χ2n) is 5.42. The van der Waals surface area contributed by atoms with Gasteiger partial charge in [-0.2, -0.15) is 0 Å². The van der Waals surface area contributed by atoms with Crippen molar-refractivity contribution < 1.29 is 9.53 Å². The van der Waals surface area contributed by atoms with Crippen LogP contribution in [0.1, 0.15) is 43.0 Å². The second kappa shape index (κ2) is 7.66. The molecule has 2 unspecified atom stereocenters. The van der Waals surface area contributed by atoms with Crippen molar-refractivity contribution in [3.05, 3.63) is 28.8 Å². The number of ether oxygens (including phenoxy) is 1. The molecule has 5 heteroatoms. The summed E-state index contributed by atoms with van der Waals surface area (Å²) in [5, 5.41) is 6.73. The van der Waals surface area contributed by atoms with Gasteiger partial charge < -0.3 is 15.4 Å². The summed E-state index contributed by atoms with van der Waals surface area (Å²) < 4.78 is 5.76. The van der Waals surface area contributed by atoms with Gasteiger partial charge in [0.15, 0.2) is 0 Å². The maximum Gasteiger partial charge on any atom is 0.251 e. The number of nitrogens with one attached hydrogen (secondary N) is 2. The van der Waals surface area contributed by atoms with Crippen LogP contribution in [0, 0.1) is 0 Å². The van der Waals surface area contributed by atoms with E-state index in [0.29, 0.717) is 22.7 Å². The van der Waals surface area contributed by atoms with Crippen molar-refractivity contribution in [2.75, 3.05) is 19.0 Å². The molecule has 2 atom stereocenters. The molecule has 0 aromatic heterocycles. The standard InChI is InChI=1S/C16H23ClN2O2/c1-3-4-13-10-12(7-8-21-13)19-15-9-11(16(20)18-2)5-6-14(15)17/h5-6,9,12-13,19H,3-4,7-8,10H2,1-2H3,(H,18,20). The van der Waals surface area contributed by atoms with Gasteiger partial charge in [-0.15, -0.1) is 0 Å². The van der Waals surface area contributed by atoms with Crippen LogP contribution in [0.5, 0.6) is 0 Å². The van der Waals surface area contributed by atoms with Crippen LogP contribution in [0.4, 0.5) is 5.69 Å². The number of halogens is 1. The van der Waals surface area contributed by atoms with Crippen molar-refractivity contribution in [2.24, 2.45) is 0 Å². The molecular formula is C16H23ClN2O2. The van der Waals surface area contributed by atoms with Gasteiger partial charge in [-0.1, -0.05) is 24.9 Å². The molecule has 0 saturated carbocycles. The summed E-state index contributed by atoms with van der Waals surface area (Å²) in [4.78, 5) is 11.7. The van der Waals surface area contributed by atoms with Crippen LogP contribution >= 0.6 is 11.6 Å². The number of amides is 1. The van der Waals surface area contributed by atoms with Gasteiger partial charge in [-0.05, 0) is 37.5 Å². The molecule has 1 heterocycles. The number of carbonyl (C=O) groups is 1. The Hall–Kier alpha value is -1.26. The SMILES string of the molecule is CCCC1CC(Nc2cc(C(=O)NC)ccc2Cl)CCO1. The maximum atomic E-state index is 11.7. The lowest BCUT2D eigenvalue weighted by Crippen LogP contribution is -2.34. The molecule has 1 aliphatic rings. The fourth-order valence-electron chi connectivity index (χ4n) is 2.68. The summed E-state index contributed by atoms with van der Waals surface area (Å²) in [6, 6.07) is 5.65. The van der Waals surface area contributed by atoms with Gasteiger partial charge in [0.2, 0.25) is 0 Å². The second-order valence-corrected chi connectivity index (χ2v) is 5.83. The predicted octanol–water partition coefficient (Wildman–Crippen LogP) is 3.46. The largest absolute Gasteiger partial charge is 0.381 e. The van der Waals surface area contributed by atoms with Crippen LogP contribution < -0.4 is 10.6 Å². The fourth-order valence-corrected chi connectivity index (χ4v) is 2.85. The van der Waals surface area contributed by atoms with E-state index >= 15 is 0 Å². The predicted molar refractivity (Wildman–Crippen MR) is 86.1 cm³/mol. The first kappa shape index (κ1) is 16.1. The summed E-state index contributed by atoms with van der Waals surface area (Å²) in [7, 11) is 1.62. The summed E-state index contributed by atoms with van der Waals surface area (Å²) >= 11 is 6.24. The molecule has 1 saturated heterocycles. The molecule has 0 spiro atoms. The third-order valence-electron chi connectivity index (χ3n) is 3.79. The number of anilines is 1. The molecule has 0 bridgehead atoms. The average molecular weight is 311 g/mol. The fraction of sp³-hybridized carbons (Fsp3) is 0.562. The number of hydrogen-bond donors (Lipinski definition) is 2. The van der Waals surface area contributed by atoms with Crippen molar-refractivity contribution in [1.29, 1.82) is 0 Å². The van der Waals surface area contributed by atoms with Crippen molar-refractivity contribution in [1.82, 2.24) is 5.32 Å². The molecular weight excluding hydrogens is 288 g/mol. The first-order valence-electron chi connectivity index (χ1n) is 7.53. The molecule has 2 N–H and O–H groups in total. The van der Waals surface area contributed by atoms with Crippen molar-refractivity contribution >= 4 is 23.2 Å². The summed E-state index contributed by atoms with van der Waals surface area (Å²) in [6.07, 6.45) is 4.48. The Morgan fingerprint density at radius 2 is 2.29 bits per heavy atom. The van der Waals surface area contributed by atoms with Gasteiger partial charge in [0.05, 0.1) is 16.8 Å². The Kier molecular flexibility index (Phi) is 5.88. The van der Waals surface area contributed by atoms with Crippen molar-refractivity contribution in [3.8, 4) is 0 Å². The van der Waals surface area contributed by atoms with Gasteiger partial charge in [-0.25, -0.2) is 0 Å². The molecule has 116 valence electrons. The highest BCUT2D eigenvalue weighted by molar-refractivity contribution is 6.33. The van der Waals surface area contributed by atoms with E-state index in [4.69, 9.17) is 16.3 Å². The highest BCUT2D eigenvalue weighted by Crippen LogP contribution is 2.27. The summed E-state index contributed by atoms with van der Waals surface area (Å²) in [6.45, 7) is 2.94. The number of rotatable bonds is 5. The van der Waals surface area contributed by atoms with Crippen LogP contribution in [0.25, 0.3) is 0 Å². The summed E-state index contributed by atoms with van der Waals surface area (Å²) in [5.41, 5.74) is 1.43. The first-order chi connectivity index (χ1) is 10.1. The zero-order chi connectivity index (χ0) is 15.2. The normalized spacial score (nSPS) is 21.9. The topological polar surface area (TPSA) is 50.4 Å². The zero-order valence-electron chi connectivity index (χ0n) is 12.6. The van der Waals surface area contributed by atoms with E-state index in [2.05, 4.69) is 17.6 Å². The van der Waals surface area contributed by atoms with E-state index in [1.165, 1.54) is 0 Å². The third kappa shape index (κ3) is 4.35. The lowest BCUT2D eigenvalue weighted by Gasteiger charge is -2.31. The van der Waals surface area contributed by atoms with E-state index in [0.717, 1.165) is 38.0 Å². The Morgan fingerprint density at radius 3 is 3.00 bits per heavy atom.